The third-order valence-electron chi connectivity index (χ3n) is 2.02. The highest BCUT2D eigenvalue weighted by atomic mass is 79.9. The highest BCUT2D eigenvalue weighted by Crippen LogP contribution is 2.37. The van der Waals surface area contributed by atoms with Gasteiger partial charge in [0.15, 0.2) is 5.75 Å². The van der Waals surface area contributed by atoms with Crippen LogP contribution in [0.5, 0.6) is 5.75 Å². The monoisotopic (exact) mass is 375 g/mol. The van der Waals surface area contributed by atoms with Crippen molar-refractivity contribution in [2.45, 2.75) is 4.90 Å². The Morgan fingerprint density at radius 2 is 2.00 bits per heavy atom. The van der Waals surface area contributed by atoms with Gasteiger partial charge in [0.25, 0.3) is 9.05 Å². The lowest BCUT2D eigenvalue weighted by molar-refractivity contribution is 0.256. The Bertz CT molecular complexity index is 534. The number of halogens is 3. The average Bonchev–Trinajstić information content (AvgIpc) is 2.18. The second-order valence-corrected chi connectivity index (χ2v) is 7.66. The van der Waals surface area contributed by atoms with Gasteiger partial charge in [0.05, 0.1) is 5.02 Å². The summed E-state index contributed by atoms with van der Waals surface area (Å²) in [5, 5.41) is 0.197. The molecule has 0 atom stereocenters. The van der Waals surface area contributed by atoms with Crippen molar-refractivity contribution in [2.24, 2.45) is 0 Å². The summed E-state index contributed by atoms with van der Waals surface area (Å²) in [5.74, 6) is 0.0803. The zero-order valence-corrected chi connectivity index (χ0v) is 13.7. The molecule has 0 bridgehead atoms. The van der Waals surface area contributed by atoms with E-state index in [-0.39, 0.29) is 15.7 Å². The van der Waals surface area contributed by atoms with Crippen LogP contribution < -0.4 is 4.74 Å². The van der Waals surface area contributed by atoms with E-state index in [0.29, 0.717) is 17.6 Å². The van der Waals surface area contributed by atoms with Crippen molar-refractivity contribution in [1.29, 1.82) is 0 Å². The molecule has 0 radical (unpaired) electrons. The number of hydrogen-bond donors (Lipinski definition) is 0. The molecule has 8 heteroatoms. The van der Waals surface area contributed by atoms with Crippen LogP contribution in [0.3, 0.4) is 0 Å². The van der Waals surface area contributed by atoms with E-state index in [1.807, 2.05) is 19.0 Å². The molecule has 0 spiro atoms. The highest BCUT2D eigenvalue weighted by Gasteiger charge is 2.21. The number of benzene rings is 1. The van der Waals surface area contributed by atoms with Crippen molar-refractivity contribution in [3.8, 4) is 5.75 Å². The molecule has 0 aromatic heterocycles. The maximum Gasteiger partial charge on any atom is 0.265 e. The molecule has 0 saturated heterocycles. The smallest absolute Gasteiger partial charge is 0.265 e. The highest BCUT2D eigenvalue weighted by molar-refractivity contribution is 9.10. The number of rotatable bonds is 5. The molecule has 18 heavy (non-hydrogen) atoms. The van der Waals surface area contributed by atoms with E-state index in [2.05, 4.69) is 15.9 Å². The summed E-state index contributed by atoms with van der Waals surface area (Å²) in [5.41, 5.74) is 0. The summed E-state index contributed by atoms with van der Waals surface area (Å²) < 4.78 is 28.8. The Hall–Kier alpha value is -0.0100. The van der Waals surface area contributed by atoms with Crippen LogP contribution in [-0.2, 0) is 9.05 Å². The van der Waals surface area contributed by atoms with Gasteiger partial charge in [-0.3, -0.25) is 0 Å². The lowest BCUT2D eigenvalue weighted by atomic mass is 10.3. The Morgan fingerprint density at radius 3 is 2.50 bits per heavy atom. The first-order valence-corrected chi connectivity index (χ1v) is 8.41. The number of hydrogen-bond acceptors (Lipinski definition) is 4. The molecule has 1 aromatic carbocycles. The minimum absolute atomic E-state index is 0.0803. The molecular formula is C10H12BrCl2NO3S. The van der Waals surface area contributed by atoms with Crippen molar-refractivity contribution in [3.05, 3.63) is 21.6 Å². The van der Waals surface area contributed by atoms with Crippen LogP contribution in [0, 0.1) is 0 Å². The maximum absolute atomic E-state index is 11.5. The van der Waals surface area contributed by atoms with Crippen LogP contribution in [-0.4, -0.2) is 40.6 Å². The molecule has 0 aliphatic carbocycles. The van der Waals surface area contributed by atoms with E-state index in [1.54, 1.807) is 6.07 Å². The van der Waals surface area contributed by atoms with Gasteiger partial charge in [-0.05, 0) is 26.2 Å². The molecule has 0 saturated carbocycles. The second-order valence-electron chi connectivity index (χ2n) is 3.80. The van der Waals surface area contributed by atoms with Crippen molar-refractivity contribution < 1.29 is 13.2 Å². The Balaban J connectivity index is 3.09. The van der Waals surface area contributed by atoms with Crippen LogP contribution >= 0.6 is 38.2 Å². The number of likely N-dealkylation sites (N-methyl/N-ethyl adjacent to an activating group) is 1. The SMILES string of the molecule is CN(C)CCOc1c(Cl)cc(Br)cc1S(=O)(=O)Cl. The predicted octanol–water partition coefficient (Wildman–Crippen LogP) is 2.97. The van der Waals surface area contributed by atoms with Crippen molar-refractivity contribution in [3.63, 3.8) is 0 Å². The fraction of sp³-hybridized carbons (Fsp3) is 0.400. The van der Waals surface area contributed by atoms with Gasteiger partial charge in [-0.25, -0.2) is 8.42 Å². The lowest BCUT2D eigenvalue weighted by Crippen LogP contribution is -2.20. The third-order valence-corrected chi connectivity index (χ3v) is 4.09. The topological polar surface area (TPSA) is 46.6 Å². The molecule has 0 amide bonds. The van der Waals surface area contributed by atoms with Crippen LogP contribution in [0.4, 0.5) is 0 Å². The molecule has 0 N–H and O–H groups in total. The molecule has 4 nitrogen and oxygen atoms in total. The average molecular weight is 377 g/mol. The summed E-state index contributed by atoms with van der Waals surface area (Å²) in [6, 6.07) is 2.91. The summed E-state index contributed by atoms with van der Waals surface area (Å²) >= 11 is 9.12. The molecule has 0 unspecified atom stereocenters. The van der Waals surface area contributed by atoms with Gasteiger partial charge in [0, 0.05) is 21.7 Å². The Morgan fingerprint density at radius 1 is 1.39 bits per heavy atom. The molecular weight excluding hydrogens is 365 g/mol. The molecule has 102 valence electrons. The first-order valence-electron chi connectivity index (χ1n) is 4.93. The summed E-state index contributed by atoms with van der Waals surface area (Å²) in [7, 11) is 5.20. The van der Waals surface area contributed by atoms with Crippen molar-refractivity contribution in [2.75, 3.05) is 27.2 Å². The van der Waals surface area contributed by atoms with E-state index in [1.165, 1.54) is 6.07 Å². The summed E-state index contributed by atoms with van der Waals surface area (Å²) in [6.07, 6.45) is 0. The summed E-state index contributed by atoms with van der Waals surface area (Å²) in [6.45, 7) is 0.946. The molecule has 0 fully saturated rings. The van der Waals surface area contributed by atoms with Crippen molar-refractivity contribution in [1.82, 2.24) is 4.90 Å². The molecule has 1 rings (SSSR count). The van der Waals surface area contributed by atoms with E-state index in [4.69, 9.17) is 27.0 Å². The minimum Gasteiger partial charge on any atom is -0.489 e. The predicted molar refractivity (Wildman–Crippen MR) is 76.2 cm³/mol. The van der Waals surface area contributed by atoms with Crippen molar-refractivity contribution >= 4 is 47.3 Å². The van der Waals surface area contributed by atoms with Crippen LogP contribution in [0.2, 0.25) is 5.02 Å². The fourth-order valence-corrected chi connectivity index (χ4v) is 3.26. The maximum atomic E-state index is 11.5. The molecule has 0 aliphatic rings. The quantitative estimate of drug-likeness (QED) is 0.741. The van der Waals surface area contributed by atoms with E-state index < -0.39 is 9.05 Å². The first-order chi connectivity index (χ1) is 8.21. The molecule has 0 heterocycles. The fourth-order valence-electron chi connectivity index (χ4n) is 1.19. The number of ether oxygens (including phenoxy) is 1. The zero-order valence-electron chi connectivity index (χ0n) is 9.78. The van der Waals surface area contributed by atoms with Gasteiger partial charge in [0.2, 0.25) is 0 Å². The van der Waals surface area contributed by atoms with Gasteiger partial charge < -0.3 is 9.64 Å². The van der Waals surface area contributed by atoms with Gasteiger partial charge in [-0.1, -0.05) is 27.5 Å². The van der Waals surface area contributed by atoms with Crippen LogP contribution in [0.1, 0.15) is 0 Å². The first kappa shape index (κ1) is 16.0. The third kappa shape index (κ3) is 4.59. The van der Waals surface area contributed by atoms with Gasteiger partial charge >= 0.3 is 0 Å². The second kappa shape index (κ2) is 6.43. The zero-order chi connectivity index (χ0) is 13.9. The standard InChI is InChI=1S/C10H12BrCl2NO3S/c1-14(2)3-4-17-10-8(12)5-7(11)6-9(10)18(13,15)16/h5-6H,3-4H2,1-2H3. The van der Waals surface area contributed by atoms with Gasteiger partial charge in [-0.2, -0.15) is 0 Å². The summed E-state index contributed by atoms with van der Waals surface area (Å²) in [4.78, 5) is 1.77. The van der Waals surface area contributed by atoms with E-state index in [9.17, 15) is 8.42 Å². The van der Waals surface area contributed by atoms with E-state index >= 15 is 0 Å². The molecule has 0 aliphatic heterocycles. The van der Waals surface area contributed by atoms with Crippen LogP contribution in [0.25, 0.3) is 0 Å². The van der Waals surface area contributed by atoms with Gasteiger partial charge in [-0.15, -0.1) is 0 Å². The molecule has 1 aromatic rings. The minimum atomic E-state index is -3.91. The van der Waals surface area contributed by atoms with Gasteiger partial charge in [0.1, 0.15) is 11.5 Å². The Kier molecular flexibility index (Phi) is 5.73. The Labute approximate surface area is 124 Å². The van der Waals surface area contributed by atoms with E-state index in [0.717, 1.165) is 0 Å². The normalized spacial score (nSPS) is 11.9. The number of nitrogens with zero attached hydrogens (tertiary/aromatic N) is 1. The largest absolute Gasteiger partial charge is 0.489 e. The lowest BCUT2D eigenvalue weighted by Gasteiger charge is -2.14. The van der Waals surface area contributed by atoms with Crippen LogP contribution in [0.15, 0.2) is 21.5 Å².